The normalized spacial score (nSPS) is 12.8. The van der Waals surface area contributed by atoms with Crippen molar-refractivity contribution >= 4 is 73.7 Å². The predicted octanol–water partition coefficient (Wildman–Crippen LogP) is 0.654. The van der Waals surface area contributed by atoms with Gasteiger partial charge in [-0.25, -0.2) is 0 Å². The fourth-order valence-electron chi connectivity index (χ4n) is 1.79. The van der Waals surface area contributed by atoms with Crippen molar-refractivity contribution in [3.63, 3.8) is 0 Å². The molecule has 2 aromatic rings. The second-order valence-electron chi connectivity index (χ2n) is 4.65. The summed E-state index contributed by atoms with van der Waals surface area (Å²) >= 11 is 6.31. The molecule has 0 heterocycles. The molecule has 0 saturated heterocycles. The van der Waals surface area contributed by atoms with Crippen LogP contribution < -0.4 is 45.1 Å². The molecule has 0 fully saturated rings. The number of hydrogen-bond donors (Lipinski definition) is 2. The van der Waals surface area contributed by atoms with Crippen LogP contribution in [0.1, 0.15) is 9.49 Å². The average Bonchev–Trinajstić information content (AvgIpc) is 2.50. The largest absolute Gasteiger partial charge is 1.00 e. The summed E-state index contributed by atoms with van der Waals surface area (Å²) in [4.78, 5) is 11.0. The molecule has 9 heteroatoms. The Morgan fingerprint density at radius 3 is 2.12 bits per heavy atom. The van der Waals surface area contributed by atoms with Gasteiger partial charge in [-0.2, -0.15) is 0 Å². The van der Waals surface area contributed by atoms with E-state index in [1.807, 2.05) is 34.7 Å². The molecule has 1 unspecified atom stereocenters. The van der Waals surface area contributed by atoms with Crippen LogP contribution in [0.2, 0.25) is 0 Å². The first kappa shape index (κ1) is 22.7. The molecule has 2 atom stereocenters. The fraction of sp³-hybridized carbons (Fsp3) is 0.133. The van der Waals surface area contributed by atoms with Crippen LogP contribution >= 0.6 is 67.8 Å². The maximum absolute atomic E-state index is 11.1. The van der Waals surface area contributed by atoms with E-state index in [1.54, 1.807) is 12.1 Å². The molecule has 0 bridgehead atoms. The molecule has 2 rings (SSSR count). The van der Waals surface area contributed by atoms with E-state index in [0.29, 0.717) is 11.5 Å². The Hall–Kier alpha value is 0.660. The molecule has 3 N–H and O–H groups in total. The van der Waals surface area contributed by atoms with Gasteiger partial charge in [0, 0.05) is 0 Å². The summed E-state index contributed by atoms with van der Waals surface area (Å²) < 4.78 is 7.17. The molecule has 0 amide bonds. The third-order valence-corrected chi connectivity index (χ3v) is 6.08. The van der Waals surface area contributed by atoms with Crippen molar-refractivity contribution in [3.8, 4) is 17.2 Å². The number of carbonyl (C=O) groups is 1. The van der Waals surface area contributed by atoms with E-state index < -0.39 is 12.0 Å². The molecule has 0 radical (unpaired) electrons. The van der Waals surface area contributed by atoms with Gasteiger partial charge < -0.3 is 20.7 Å². The Balaban J connectivity index is 0.00000288. The van der Waals surface area contributed by atoms with Crippen LogP contribution in [0, 0.1) is 7.14 Å². The quantitative estimate of drug-likeness (QED) is 0.277. The Kier molecular flexibility index (Phi) is 9.57. The zero-order valence-electron chi connectivity index (χ0n) is 12.5. The van der Waals surface area contributed by atoms with Crippen molar-refractivity contribution < 1.29 is 49.3 Å². The van der Waals surface area contributed by atoms with Crippen molar-refractivity contribution in [2.75, 3.05) is 0 Å². The Labute approximate surface area is 202 Å². The number of benzene rings is 2. The van der Waals surface area contributed by atoms with Gasteiger partial charge in [0.2, 0.25) is 0 Å². The van der Waals surface area contributed by atoms with Gasteiger partial charge in [-0.05, 0) is 75.0 Å². The molecule has 0 spiro atoms. The summed E-state index contributed by atoms with van der Waals surface area (Å²) in [7, 11) is 0. The van der Waals surface area contributed by atoms with Gasteiger partial charge in [-0.3, -0.25) is 4.79 Å². The third kappa shape index (κ3) is 5.84. The minimum absolute atomic E-state index is 0. The summed E-state index contributed by atoms with van der Waals surface area (Å²) in [6.07, 6.45) is 0. The number of nitrogens with two attached hydrogens (primary N) is 1. The minimum atomic E-state index is -1.03. The number of rotatable bonds is 5. The van der Waals surface area contributed by atoms with Crippen molar-refractivity contribution in [3.05, 3.63) is 49.1 Å². The number of hydrogen-bond acceptors (Lipinski definition) is 4. The van der Waals surface area contributed by atoms with Gasteiger partial charge in [-0.15, -0.1) is 5.75 Å². The van der Waals surface area contributed by atoms with Gasteiger partial charge in [0.25, 0.3) is 0 Å². The first-order valence-corrected chi connectivity index (χ1v) is 9.76. The number of ether oxygens (including phenoxy) is 1. The predicted molar refractivity (Wildman–Crippen MR) is 110 cm³/mol. The minimum Gasteiger partial charge on any atom is -0.872 e. The van der Waals surface area contributed by atoms with Gasteiger partial charge in [0.15, 0.2) is 5.75 Å². The number of carboxylic acids is 1. The zero-order valence-corrected chi connectivity index (χ0v) is 21.0. The topological polar surface area (TPSA) is 95.6 Å². The second-order valence-corrected chi connectivity index (χ2v) is 8.32. The number of halogens is 3. The van der Waals surface area contributed by atoms with E-state index in [2.05, 4.69) is 45.2 Å². The molecule has 0 aliphatic carbocycles. The van der Waals surface area contributed by atoms with E-state index in [1.165, 1.54) is 12.1 Å². The van der Waals surface area contributed by atoms with Crippen molar-refractivity contribution in [1.29, 1.82) is 0 Å². The first-order chi connectivity index (χ1) is 10.8. The molecule has 0 saturated carbocycles. The van der Waals surface area contributed by atoms with Gasteiger partial charge in [0.05, 0.1) is 11.1 Å². The smallest absolute Gasteiger partial charge is 0.872 e. The van der Waals surface area contributed by atoms with E-state index in [9.17, 15) is 9.90 Å². The fourth-order valence-corrected chi connectivity index (χ4v) is 4.50. The average molecular weight is 673 g/mol. The zero-order chi connectivity index (χ0) is 17.1. The van der Waals surface area contributed by atoms with Crippen LogP contribution in [0.15, 0.2) is 36.4 Å². The standard InChI is InChI=1S/C15H12I3NO4.Na/c16-10-5-7(12(18)13(19)15(21)22)6-11(17)14(10)23-9-3-1-8(20)2-4-9;/h1-6,12-13,20H,19H2,(H,21,22);/q;+1/p-1/t12?,13-;/m1./s1. The molecule has 0 aliphatic rings. The van der Waals surface area contributed by atoms with E-state index in [4.69, 9.17) is 15.6 Å². The van der Waals surface area contributed by atoms with E-state index in [0.717, 1.165) is 12.7 Å². The summed E-state index contributed by atoms with van der Waals surface area (Å²) in [6.45, 7) is 0. The van der Waals surface area contributed by atoms with Gasteiger partial charge >= 0.3 is 35.5 Å². The SMILES string of the molecule is N[C@@H](C(=O)O)C(I)c1cc(I)c(Oc2ccc([O-])cc2)c(I)c1.[Na+]. The van der Waals surface area contributed by atoms with Crippen LogP contribution in [0.3, 0.4) is 0 Å². The van der Waals surface area contributed by atoms with Gasteiger partial charge in [0.1, 0.15) is 11.8 Å². The van der Waals surface area contributed by atoms with Crippen LogP contribution in [-0.4, -0.2) is 17.1 Å². The van der Waals surface area contributed by atoms with Crippen LogP contribution in [0.4, 0.5) is 0 Å². The van der Waals surface area contributed by atoms with Gasteiger partial charge in [-0.1, -0.05) is 34.7 Å². The molecular weight excluding hydrogens is 662 g/mol. The number of aliphatic carboxylic acids is 1. The molecule has 2 aromatic carbocycles. The van der Waals surface area contributed by atoms with Crippen LogP contribution in [-0.2, 0) is 4.79 Å². The molecule has 5 nitrogen and oxygen atoms in total. The maximum Gasteiger partial charge on any atom is 1.00 e. The third-order valence-electron chi connectivity index (χ3n) is 2.98. The second kappa shape index (κ2) is 10.1. The molecule has 0 aromatic heterocycles. The summed E-state index contributed by atoms with van der Waals surface area (Å²) in [5.74, 6) is 0.127. The summed E-state index contributed by atoms with van der Waals surface area (Å²) in [5, 5.41) is 20.2. The Morgan fingerprint density at radius 1 is 1.17 bits per heavy atom. The van der Waals surface area contributed by atoms with Crippen molar-refractivity contribution in [1.82, 2.24) is 0 Å². The summed E-state index contributed by atoms with van der Waals surface area (Å²) in [6, 6.07) is 8.86. The first-order valence-electron chi connectivity index (χ1n) is 6.36. The number of alkyl halides is 1. The summed E-state index contributed by atoms with van der Waals surface area (Å²) in [5.41, 5.74) is 6.53. The van der Waals surface area contributed by atoms with Crippen LogP contribution in [0.5, 0.6) is 17.2 Å². The molecular formula is C15H11I3NNaO4. The monoisotopic (exact) mass is 673 g/mol. The molecule has 0 aliphatic heterocycles. The van der Waals surface area contributed by atoms with Crippen molar-refractivity contribution in [2.45, 2.75) is 9.97 Å². The van der Waals surface area contributed by atoms with Crippen molar-refractivity contribution in [2.24, 2.45) is 5.73 Å². The Morgan fingerprint density at radius 2 is 1.67 bits per heavy atom. The number of carboxylic acid groups (broad SMARTS) is 1. The molecule has 122 valence electrons. The maximum atomic E-state index is 11.1. The van der Waals surface area contributed by atoms with E-state index >= 15 is 0 Å². The van der Waals surface area contributed by atoms with Crippen LogP contribution in [0.25, 0.3) is 0 Å². The van der Waals surface area contributed by atoms with E-state index in [-0.39, 0.29) is 39.2 Å². The molecule has 24 heavy (non-hydrogen) atoms. The Bertz CT molecular complexity index is 704.